The SMILES string of the molecule is Cc1c([C@H](C)NC(=O)CCCc2nc(C(C)(C)C)no2)cnn1C. The van der Waals surface area contributed by atoms with Gasteiger partial charge < -0.3 is 9.84 Å². The highest BCUT2D eigenvalue weighted by atomic mass is 16.5. The number of carbonyl (C=O) groups is 1. The number of carbonyl (C=O) groups excluding carboxylic acids is 1. The maximum Gasteiger partial charge on any atom is 0.226 e. The molecule has 0 saturated carbocycles. The van der Waals surface area contributed by atoms with E-state index in [0.29, 0.717) is 31.0 Å². The summed E-state index contributed by atoms with van der Waals surface area (Å²) in [5, 5.41) is 11.2. The van der Waals surface area contributed by atoms with Crippen LogP contribution in [-0.2, 0) is 23.7 Å². The van der Waals surface area contributed by atoms with Crippen molar-refractivity contribution in [3.8, 4) is 0 Å². The van der Waals surface area contributed by atoms with Crippen molar-refractivity contribution in [2.45, 2.75) is 65.3 Å². The third kappa shape index (κ3) is 4.43. The van der Waals surface area contributed by atoms with Crippen molar-refractivity contribution >= 4 is 5.91 Å². The molecule has 24 heavy (non-hydrogen) atoms. The second-order valence-corrected chi connectivity index (χ2v) is 7.21. The lowest BCUT2D eigenvalue weighted by Gasteiger charge is -2.13. The minimum atomic E-state index is -0.129. The van der Waals surface area contributed by atoms with Gasteiger partial charge in [0, 0.05) is 36.6 Å². The predicted octanol–water partition coefficient (Wildman–Crippen LogP) is 2.61. The Hall–Kier alpha value is -2.18. The molecule has 0 fully saturated rings. The molecule has 0 bridgehead atoms. The Morgan fingerprint density at radius 1 is 1.42 bits per heavy atom. The van der Waals surface area contributed by atoms with Crippen LogP contribution in [-0.4, -0.2) is 25.8 Å². The lowest BCUT2D eigenvalue weighted by atomic mass is 9.96. The molecular formula is C17H27N5O2. The Balaban J connectivity index is 1.79. The van der Waals surface area contributed by atoms with Crippen molar-refractivity contribution in [2.24, 2.45) is 7.05 Å². The Bertz CT molecular complexity index is 696. The van der Waals surface area contributed by atoms with Crippen LogP contribution in [0.15, 0.2) is 10.7 Å². The van der Waals surface area contributed by atoms with Crippen molar-refractivity contribution in [1.29, 1.82) is 0 Å². The first-order valence-electron chi connectivity index (χ1n) is 8.29. The van der Waals surface area contributed by atoms with Crippen molar-refractivity contribution in [1.82, 2.24) is 25.2 Å². The second kappa shape index (κ2) is 7.15. The van der Waals surface area contributed by atoms with Crippen LogP contribution in [0.2, 0.25) is 0 Å². The second-order valence-electron chi connectivity index (χ2n) is 7.21. The maximum absolute atomic E-state index is 12.1. The number of aromatic nitrogens is 4. The molecule has 7 nitrogen and oxygen atoms in total. The molecular weight excluding hydrogens is 306 g/mol. The normalized spacial score (nSPS) is 13.1. The van der Waals surface area contributed by atoms with Crippen LogP contribution in [0.3, 0.4) is 0 Å². The molecule has 2 aromatic heterocycles. The van der Waals surface area contributed by atoms with Gasteiger partial charge in [0.05, 0.1) is 12.2 Å². The van der Waals surface area contributed by atoms with E-state index < -0.39 is 0 Å². The minimum Gasteiger partial charge on any atom is -0.349 e. The van der Waals surface area contributed by atoms with Gasteiger partial charge in [0.15, 0.2) is 5.82 Å². The summed E-state index contributed by atoms with van der Waals surface area (Å²) in [6.45, 7) is 10.1. The van der Waals surface area contributed by atoms with Gasteiger partial charge >= 0.3 is 0 Å². The first-order chi connectivity index (χ1) is 11.2. The van der Waals surface area contributed by atoms with Crippen LogP contribution in [0.4, 0.5) is 0 Å². The van der Waals surface area contributed by atoms with E-state index in [1.165, 1.54) is 0 Å². The number of amides is 1. The third-order valence-corrected chi connectivity index (χ3v) is 4.05. The van der Waals surface area contributed by atoms with Gasteiger partial charge in [-0.3, -0.25) is 9.48 Å². The molecule has 0 unspecified atom stereocenters. The smallest absolute Gasteiger partial charge is 0.226 e. The fourth-order valence-electron chi connectivity index (χ4n) is 2.39. The van der Waals surface area contributed by atoms with Gasteiger partial charge in [0.1, 0.15) is 0 Å². The Morgan fingerprint density at radius 2 is 2.12 bits per heavy atom. The fourth-order valence-corrected chi connectivity index (χ4v) is 2.39. The molecule has 0 aliphatic heterocycles. The quantitative estimate of drug-likeness (QED) is 0.878. The van der Waals surface area contributed by atoms with Gasteiger partial charge in [-0.05, 0) is 20.3 Å². The molecule has 1 atom stereocenters. The number of hydrogen-bond donors (Lipinski definition) is 1. The number of hydrogen-bond acceptors (Lipinski definition) is 5. The number of nitrogens with one attached hydrogen (secondary N) is 1. The van der Waals surface area contributed by atoms with E-state index in [1.807, 2.05) is 41.7 Å². The predicted molar refractivity (Wildman–Crippen MR) is 90.4 cm³/mol. The highest BCUT2D eigenvalue weighted by Gasteiger charge is 2.21. The molecule has 132 valence electrons. The van der Waals surface area contributed by atoms with Gasteiger partial charge in [-0.1, -0.05) is 25.9 Å². The van der Waals surface area contributed by atoms with Gasteiger partial charge in [0.25, 0.3) is 0 Å². The van der Waals surface area contributed by atoms with Crippen molar-refractivity contribution in [2.75, 3.05) is 0 Å². The highest BCUT2D eigenvalue weighted by Crippen LogP contribution is 2.19. The Kier molecular flexibility index (Phi) is 5.41. The first kappa shape index (κ1) is 18.2. The van der Waals surface area contributed by atoms with E-state index in [4.69, 9.17) is 4.52 Å². The fraction of sp³-hybridized carbons (Fsp3) is 0.647. The molecule has 0 aliphatic carbocycles. The number of nitrogens with zero attached hydrogens (tertiary/aromatic N) is 4. The molecule has 0 aliphatic rings. The van der Waals surface area contributed by atoms with Gasteiger partial charge in [-0.15, -0.1) is 0 Å². The molecule has 0 spiro atoms. The molecule has 2 rings (SSSR count). The van der Waals surface area contributed by atoms with Crippen LogP contribution in [0, 0.1) is 6.92 Å². The summed E-state index contributed by atoms with van der Waals surface area (Å²) < 4.78 is 7.04. The van der Waals surface area contributed by atoms with E-state index >= 15 is 0 Å². The topological polar surface area (TPSA) is 85.8 Å². The zero-order chi connectivity index (χ0) is 17.9. The average molecular weight is 333 g/mol. The van der Waals surface area contributed by atoms with Crippen LogP contribution in [0.1, 0.15) is 69.6 Å². The van der Waals surface area contributed by atoms with Crippen LogP contribution in [0.5, 0.6) is 0 Å². The van der Waals surface area contributed by atoms with Crippen LogP contribution >= 0.6 is 0 Å². The van der Waals surface area contributed by atoms with Crippen LogP contribution < -0.4 is 5.32 Å². The minimum absolute atomic E-state index is 0.0151. The molecule has 0 aromatic carbocycles. The summed E-state index contributed by atoms with van der Waals surface area (Å²) in [4.78, 5) is 16.5. The molecule has 2 aromatic rings. The highest BCUT2D eigenvalue weighted by molar-refractivity contribution is 5.76. The first-order valence-corrected chi connectivity index (χ1v) is 8.29. The maximum atomic E-state index is 12.1. The van der Waals surface area contributed by atoms with E-state index in [2.05, 4.69) is 20.6 Å². The lowest BCUT2D eigenvalue weighted by molar-refractivity contribution is -0.121. The summed E-state index contributed by atoms with van der Waals surface area (Å²) >= 11 is 0. The molecule has 7 heteroatoms. The van der Waals surface area contributed by atoms with Crippen molar-refractivity contribution in [3.63, 3.8) is 0 Å². The summed E-state index contributed by atoms with van der Waals surface area (Å²) in [7, 11) is 1.89. The Morgan fingerprint density at radius 3 is 2.67 bits per heavy atom. The van der Waals surface area contributed by atoms with E-state index in [1.54, 1.807) is 10.9 Å². The molecule has 1 amide bonds. The molecule has 1 N–H and O–H groups in total. The lowest BCUT2D eigenvalue weighted by Crippen LogP contribution is -2.26. The van der Waals surface area contributed by atoms with Crippen LogP contribution in [0.25, 0.3) is 0 Å². The summed E-state index contributed by atoms with van der Waals surface area (Å²) in [6.07, 6.45) is 3.51. The molecule has 0 radical (unpaired) electrons. The third-order valence-electron chi connectivity index (χ3n) is 4.05. The van der Waals surface area contributed by atoms with E-state index in [0.717, 1.165) is 11.3 Å². The van der Waals surface area contributed by atoms with Crippen molar-refractivity contribution in [3.05, 3.63) is 29.2 Å². The number of aryl methyl sites for hydroxylation is 2. The zero-order valence-corrected chi connectivity index (χ0v) is 15.4. The Labute approximate surface area is 142 Å². The molecule has 0 saturated heterocycles. The average Bonchev–Trinajstić information content (AvgIpc) is 3.07. The standard InChI is InChI=1S/C17H27N5O2/c1-11(13-10-18-22(6)12(13)2)19-14(23)8-7-9-15-20-16(21-24-15)17(3,4)5/h10-11H,7-9H2,1-6H3,(H,19,23)/t11-/m0/s1. The summed E-state index contributed by atoms with van der Waals surface area (Å²) in [5.41, 5.74) is 1.97. The summed E-state index contributed by atoms with van der Waals surface area (Å²) in [5.74, 6) is 1.30. The van der Waals surface area contributed by atoms with Gasteiger partial charge in [-0.25, -0.2) is 0 Å². The monoisotopic (exact) mass is 333 g/mol. The van der Waals surface area contributed by atoms with Gasteiger partial charge in [-0.2, -0.15) is 10.1 Å². The largest absolute Gasteiger partial charge is 0.349 e. The molecule has 2 heterocycles. The van der Waals surface area contributed by atoms with E-state index in [-0.39, 0.29) is 17.4 Å². The zero-order valence-electron chi connectivity index (χ0n) is 15.4. The van der Waals surface area contributed by atoms with Crippen molar-refractivity contribution < 1.29 is 9.32 Å². The summed E-state index contributed by atoms with van der Waals surface area (Å²) in [6, 6.07) is -0.0536. The van der Waals surface area contributed by atoms with Gasteiger partial charge in [0.2, 0.25) is 11.8 Å². The van der Waals surface area contributed by atoms with E-state index in [9.17, 15) is 4.79 Å². The number of rotatable bonds is 6.